The smallest absolute Gasteiger partial charge is 0.354 e. The summed E-state index contributed by atoms with van der Waals surface area (Å²) in [4.78, 5) is 12.1. The molecule has 0 aromatic heterocycles. The van der Waals surface area contributed by atoms with Crippen LogP contribution in [0.3, 0.4) is 0 Å². The molecule has 0 radical (unpaired) electrons. The summed E-state index contributed by atoms with van der Waals surface area (Å²) in [5.41, 5.74) is 0.0243. The van der Waals surface area contributed by atoms with Gasteiger partial charge in [-0.2, -0.15) is 13.2 Å². The van der Waals surface area contributed by atoms with E-state index in [-0.39, 0.29) is 23.8 Å². The highest BCUT2D eigenvalue weighted by atomic mass is 35.5. The lowest BCUT2D eigenvalue weighted by molar-refractivity contribution is -0.198. The van der Waals surface area contributed by atoms with E-state index in [1.54, 1.807) is 0 Å². The SMILES string of the molecule is CC(C)(C)CC(Cl)CNC(=O)C1CCCCC1C(F)(F)F. The quantitative estimate of drug-likeness (QED) is 0.756. The molecule has 0 aromatic rings. The van der Waals surface area contributed by atoms with E-state index in [1.807, 2.05) is 20.8 Å². The van der Waals surface area contributed by atoms with Crippen molar-refractivity contribution in [2.24, 2.45) is 17.3 Å². The first kappa shape index (κ1) is 18.6. The Hall–Kier alpha value is -0.450. The van der Waals surface area contributed by atoms with Crippen LogP contribution in [0.2, 0.25) is 0 Å². The van der Waals surface area contributed by atoms with E-state index in [1.165, 1.54) is 0 Å². The molecule has 0 saturated heterocycles. The minimum absolute atomic E-state index is 0.0243. The summed E-state index contributed by atoms with van der Waals surface area (Å²) in [7, 11) is 0. The normalized spacial score (nSPS) is 25.5. The van der Waals surface area contributed by atoms with Gasteiger partial charge in [0.05, 0.1) is 11.3 Å². The number of carbonyl (C=O) groups excluding carboxylic acids is 1. The lowest BCUT2D eigenvalue weighted by Gasteiger charge is -2.32. The first-order valence-electron chi connectivity index (χ1n) is 7.49. The number of hydrogen-bond donors (Lipinski definition) is 1. The Morgan fingerprint density at radius 1 is 1.24 bits per heavy atom. The maximum Gasteiger partial charge on any atom is 0.392 e. The van der Waals surface area contributed by atoms with E-state index in [9.17, 15) is 18.0 Å². The van der Waals surface area contributed by atoms with Gasteiger partial charge < -0.3 is 5.32 Å². The van der Waals surface area contributed by atoms with Crippen molar-refractivity contribution in [3.63, 3.8) is 0 Å². The van der Waals surface area contributed by atoms with Crippen molar-refractivity contribution < 1.29 is 18.0 Å². The number of carbonyl (C=O) groups is 1. The fraction of sp³-hybridized carbons (Fsp3) is 0.933. The van der Waals surface area contributed by atoms with E-state index in [2.05, 4.69) is 5.32 Å². The zero-order valence-electron chi connectivity index (χ0n) is 12.9. The molecule has 0 heterocycles. The molecule has 3 unspecified atom stereocenters. The topological polar surface area (TPSA) is 29.1 Å². The first-order valence-corrected chi connectivity index (χ1v) is 7.93. The summed E-state index contributed by atoms with van der Waals surface area (Å²) in [5, 5.41) is 2.34. The van der Waals surface area contributed by atoms with E-state index < -0.39 is 23.9 Å². The average molecular weight is 328 g/mol. The maximum absolute atomic E-state index is 13.0. The molecular weight excluding hydrogens is 303 g/mol. The Kier molecular flexibility index (Phi) is 6.38. The number of halogens is 4. The van der Waals surface area contributed by atoms with Crippen LogP contribution in [-0.2, 0) is 4.79 Å². The van der Waals surface area contributed by atoms with Crippen LogP contribution in [0.15, 0.2) is 0 Å². The van der Waals surface area contributed by atoms with Gasteiger partial charge in [-0.15, -0.1) is 11.6 Å². The fourth-order valence-corrected chi connectivity index (χ4v) is 3.46. The van der Waals surface area contributed by atoms with Crippen molar-refractivity contribution in [3.8, 4) is 0 Å². The summed E-state index contributed by atoms with van der Waals surface area (Å²) >= 11 is 6.14. The van der Waals surface area contributed by atoms with Crippen molar-refractivity contribution in [2.75, 3.05) is 6.54 Å². The molecule has 6 heteroatoms. The van der Waals surface area contributed by atoms with Crippen LogP contribution in [0.4, 0.5) is 13.2 Å². The van der Waals surface area contributed by atoms with Gasteiger partial charge in [-0.1, -0.05) is 33.6 Å². The van der Waals surface area contributed by atoms with Crippen LogP contribution in [0, 0.1) is 17.3 Å². The Labute approximate surface area is 129 Å². The van der Waals surface area contributed by atoms with Gasteiger partial charge in [0.25, 0.3) is 0 Å². The number of hydrogen-bond acceptors (Lipinski definition) is 1. The molecule has 1 saturated carbocycles. The molecule has 3 atom stereocenters. The molecule has 0 aliphatic heterocycles. The Balaban J connectivity index is 2.53. The van der Waals surface area contributed by atoms with E-state index in [0.29, 0.717) is 25.7 Å². The summed E-state index contributed by atoms with van der Waals surface area (Å²) in [6, 6.07) is 0. The molecule has 1 aliphatic rings. The molecule has 2 nitrogen and oxygen atoms in total. The minimum atomic E-state index is -4.30. The number of amides is 1. The zero-order chi connectivity index (χ0) is 16.3. The molecule has 0 bridgehead atoms. The zero-order valence-corrected chi connectivity index (χ0v) is 13.7. The Morgan fingerprint density at radius 2 is 1.81 bits per heavy atom. The molecule has 0 aromatic carbocycles. The van der Waals surface area contributed by atoms with Gasteiger partial charge in [-0.05, 0) is 24.7 Å². The van der Waals surface area contributed by atoms with Crippen molar-refractivity contribution in [3.05, 3.63) is 0 Å². The largest absolute Gasteiger partial charge is 0.392 e. The molecule has 1 N–H and O–H groups in total. The summed E-state index contributed by atoms with van der Waals surface area (Å²) < 4.78 is 38.9. The van der Waals surface area contributed by atoms with Crippen LogP contribution in [0.25, 0.3) is 0 Å². The Morgan fingerprint density at radius 3 is 2.33 bits per heavy atom. The number of alkyl halides is 4. The number of nitrogens with one attached hydrogen (secondary N) is 1. The molecule has 1 amide bonds. The van der Waals surface area contributed by atoms with Crippen molar-refractivity contribution in [2.45, 2.75) is 64.4 Å². The van der Waals surface area contributed by atoms with Crippen LogP contribution in [0.5, 0.6) is 0 Å². The molecule has 1 rings (SSSR count). The monoisotopic (exact) mass is 327 g/mol. The Bertz CT molecular complexity index is 352. The third kappa shape index (κ3) is 6.45. The van der Waals surface area contributed by atoms with Gasteiger partial charge in [-0.25, -0.2) is 0 Å². The van der Waals surface area contributed by atoms with Gasteiger partial charge in [-0.3, -0.25) is 4.79 Å². The molecule has 21 heavy (non-hydrogen) atoms. The van der Waals surface area contributed by atoms with Crippen molar-refractivity contribution >= 4 is 17.5 Å². The highest BCUT2D eigenvalue weighted by Gasteiger charge is 2.47. The van der Waals surface area contributed by atoms with Gasteiger partial charge in [0, 0.05) is 12.5 Å². The molecule has 0 spiro atoms. The standard InChI is InChI=1S/C15H25ClF3NO/c1-14(2,3)8-10(16)9-20-13(21)11-6-4-5-7-12(11)15(17,18)19/h10-12H,4-9H2,1-3H3,(H,20,21). The van der Waals surface area contributed by atoms with Gasteiger partial charge in [0.2, 0.25) is 5.91 Å². The molecule has 1 aliphatic carbocycles. The van der Waals surface area contributed by atoms with Crippen LogP contribution >= 0.6 is 11.6 Å². The lowest BCUT2D eigenvalue weighted by Crippen LogP contribution is -2.44. The van der Waals surface area contributed by atoms with E-state index >= 15 is 0 Å². The predicted molar refractivity (Wildman–Crippen MR) is 78.2 cm³/mol. The highest BCUT2D eigenvalue weighted by molar-refractivity contribution is 6.20. The predicted octanol–water partition coefficient (Wildman–Crippen LogP) is 4.51. The third-order valence-corrected chi connectivity index (χ3v) is 4.16. The highest BCUT2D eigenvalue weighted by Crippen LogP contribution is 2.41. The van der Waals surface area contributed by atoms with Crippen molar-refractivity contribution in [1.29, 1.82) is 0 Å². The van der Waals surface area contributed by atoms with Gasteiger partial charge in [0.15, 0.2) is 0 Å². The lowest BCUT2D eigenvalue weighted by atomic mass is 9.78. The second kappa shape index (κ2) is 7.21. The van der Waals surface area contributed by atoms with Crippen LogP contribution < -0.4 is 5.32 Å². The van der Waals surface area contributed by atoms with Crippen molar-refractivity contribution in [1.82, 2.24) is 5.32 Å². The summed E-state index contributed by atoms with van der Waals surface area (Å²) in [6.07, 6.45) is -2.03. The summed E-state index contributed by atoms with van der Waals surface area (Å²) in [6.45, 7) is 6.32. The second-order valence-corrected chi connectivity index (χ2v) is 7.76. The second-order valence-electron chi connectivity index (χ2n) is 7.15. The van der Waals surface area contributed by atoms with Crippen LogP contribution in [-0.4, -0.2) is 24.0 Å². The maximum atomic E-state index is 13.0. The molecule has 124 valence electrons. The fourth-order valence-electron chi connectivity index (χ4n) is 2.92. The van der Waals surface area contributed by atoms with Gasteiger partial charge >= 0.3 is 6.18 Å². The first-order chi connectivity index (χ1) is 9.50. The van der Waals surface area contributed by atoms with Crippen LogP contribution in [0.1, 0.15) is 52.9 Å². The van der Waals surface area contributed by atoms with Gasteiger partial charge in [0.1, 0.15) is 0 Å². The minimum Gasteiger partial charge on any atom is -0.354 e. The average Bonchev–Trinajstić information content (AvgIpc) is 2.33. The van der Waals surface area contributed by atoms with E-state index in [4.69, 9.17) is 11.6 Å². The van der Waals surface area contributed by atoms with E-state index in [0.717, 1.165) is 0 Å². The summed E-state index contributed by atoms with van der Waals surface area (Å²) in [5.74, 6) is -2.98. The molecular formula is C15H25ClF3NO. The third-order valence-electron chi connectivity index (χ3n) is 3.85. The molecule has 1 fully saturated rings. The number of rotatable bonds is 4.